The molecule has 100 valence electrons. The summed E-state index contributed by atoms with van der Waals surface area (Å²) in [6.07, 6.45) is 0. The van der Waals surface area contributed by atoms with Gasteiger partial charge in [-0.25, -0.2) is 0 Å². The number of hydrogen-bond acceptors (Lipinski definition) is 3. The van der Waals surface area contributed by atoms with Crippen LogP contribution in [0.3, 0.4) is 0 Å². The average Bonchev–Trinajstić information content (AvgIpc) is 2.41. The number of phenols is 1. The van der Waals surface area contributed by atoms with Crippen LogP contribution in [-0.4, -0.2) is 17.1 Å². The van der Waals surface area contributed by atoms with Crippen LogP contribution >= 0.6 is 0 Å². The standard InChI is InChI=1S/C16H20N2O/c1-18(11-13-5-7-16(19)8-6-13)12-15-4-2-3-14(9-15)10-17/h2-9,19H,10-12,17H2,1H3. The number of hydrogen-bond donors (Lipinski definition) is 2. The molecule has 0 aromatic heterocycles. The van der Waals surface area contributed by atoms with Gasteiger partial charge in [-0.1, -0.05) is 36.4 Å². The smallest absolute Gasteiger partial charge is 0.115 e. The van der Waals surface area contributed by atoms with Crippen LogP contribution in [0.4, 0.5) is 0 Å². The van der Waals surface area contributed by atoms with Gasteiger partial charge in [0.25, 0.3) is 0 Å². The summed E-state index contributed by atoms with van der Waals surface area (Å²) in [6.45, 7) is 2.32. The van der Waals surface area contributed by atoms with Gasteiger partial charge in [0.2, 0.25) is 0 Å². The lowest BCUT2D eigenvalue weighted by atomic mass is 10.1. The highest BCUT2D eigenvalue weighted by Crippen LogP contribution is 2.13. The van der Waals surface area contributed by atoms with Crippen LogP contribution < -0.4 is 5.73 Å². The Bertz CT molecular complexity index is 523. The Labute approximate surface area is 114 Å². The lowest BCUT2D eigenvalue weighted by Crippen LogP contribution is -2.17. The zero-order chi connectivity index (χ0) is 13.7. The Morgan fingerprint density at radius 1 is 0.947 bits per heavy atom. The first-order chi connectivity index (χ1) is 9.17. The molecular weight excluding hydrogens is 236 g/mol. The fourth-order valence-electron chi connectivity index (χ4n) is 2.14. The Morgan fingerprint density at radius 3 is 2.26 bits per heavy atom. The van der Waals surface area contributed by atoms with Crippen molar-refractivity contribution in [2.75, 3.05) is 7.05 Å². The second-order valence-corrected chi connectivity index (χ2v) is 4.86. The number of benzene rings is 2. The predicted octanol–water partition coefficient (Wildman–Crippen LogP) is 2.48. The van der Waals surface area contributed by atoms with Crippen molar-refractivity contribution < 1.29 is 5.11 Å². The minimum atomic E-state index is 0.307. The lowest BCUT2D eigenvalue weighted by molar-refractivity contribution is 0.319. The molecule has 19 heavy (non-hydrogen) atoms. The molecule has 0 heterocycles. The van der Waals surface area contributed by atoms with Gasteiger partial charge in [-0.15, -0.1) is 0 Å². The first-order valence-electron chi connectivity index (χ1n) is 6.41. The molecule has 0 aliphatic carbocycles. The summed E-state index contributed by atoms with van der Waals surface area (Å²) in [7, 11) is 2.09. The number of aromatic hydroxyl groups is 1. The van der Waals surface area contributed by atoms with Gasteiger partial charge < -0.3 is 10.8 Å². The number of phenolic OH excluding ortho intramolecular Hbond substituents is 1. The Hall–Kier alpha value is -1.84. The zero-order valence-electron chi connectivity index (χ0n) is 11.2. The molecule has 0 radical (unpaired) electrons. The summed E-state index contributed by atoms with van der Waals surface area (Å²) < 4.78 is 0. The molecule has 0 aliphatic heterocycles. The van der Waals surface area contributed by atoms with Crippen molar-refractivity contribution in [1.82, 2.24) is 4.90 Å². The second-order valence-electron chi connectivity index (χ2n) is 4.86. The van der Waals surface area contributed by atoms with Crippen LogP contribution in [0.1, 0.15) is 16.7 Å². The SMILES string of the molecule is CN(Cc1ccc(O)cc1)Cc1cccc(CN)c1. The maximum absolute atomic E-state index is 9.26. The van der Waals surface area contributed by atoms with Gasteiger partial charge >= 0.3 is 0 Å². The maximum atomic E-state index is 9.26. The van der Waals surface area contributed by atoms with Crippen molar-refractivity contribution >= 4 is 0 Å². The molecule has 2 aromatic rings. The highest BCUT2D eigenvalue weighted by molar-refractivity contribution is 5.26. The average molecular weight is 256 g/mol. The van der Waals surface area contributed by atoms with Gasteiger partial charge in [0.1, 0.15) is 5.75 Å². The molecule has 0 spiro atoms. The highest BCUT2D eigenvalue weighted by Gasteiger charge is 2.02. The molecule has 0 aliphatic rings. The largest absolute Gasteiger partial charge is 0.508 e. The molecule has 0 bridgehead atoms. The third kappa shape index (κ3) is 4.09. The predicted molar refractivity (Wildman–Crippen MR) is 77.6 cm³/mol. The highest BCUT2D eigenvalue weighted by atomic mass is 16.3. The molecule has 0 saturated carbocycles. The minimum absolute atomic E-state index is 0.307. The third-order valence-corrected chi connectivity index (χ3v) is 3.07. The van der Waals surface area contributed by atoms with Crippen LogP contribution in [0.5, 0.6) is 5.75 Å². The van der Waals surface area contributed by atoms with Gasteiger partial charge in [-0.05, 0) is 35.9 Å². The van der Waals surface area contributed by atoms with Gasteiger partial charge in [0.15, 0.2) is 0 Å². The van der Waals surface area contributed by atoms with E-state index in [1.54, 1.807) is 12.1 Å². The quantitative estimate of drug-likeness (QED) is 0.864. The molecule has 0 atom stereocenters. The summed E-state index contributed by atoms with van der Waals surface area (Å²) in [4.78, 5) is 2.24. The number of nitrogens with zero attached hydrogens (tertiary/aromatic N) is 1. The fourth-order valence-corrected chi connectivity index (χ4v) is 2.14. The van der Waals surface area contributed by atoms with Crippen LogP contribution in [-0.2, 0) is 19.6 Å². The molecule has 2 aromatic carbocycles. The topological polar surface area (TPSA) is 49.5 Å². The van der Waals surface area contributed by atoms with Gasteiger partial charge in [-0.2, -0.15) is 0 Å². The first kappa shape index (κ1) is 13.6. The van der Waals surface area contributed by atoms with Crippen molar-refractivity contribution in [1.29, 1.82) is 0 Å². The molecular formula is C16H20N2O. The zero-order valence-corrected chi connectivity index (χ0v) is 11.2. The molecule has 0 unspecified atom stereocenters. The maximum Gasteiger partial charge on any atom is 0.115 e. The van der Waals surface area contributed by atoms with E-state index in [1.807, 2.05) is 24.3 Å². The summed E-state index contributed by atoms with van der Waals surface area (Å²) in [5.41, 5.74) is 9.27. The second kappa shape index (κ2) is 6.36. The van der Waals surface area contributed by atoms with E-state index in [9.17, 15) is 5.11 Å². The van der Waals surface area contributed by atoms with Crippen LogP contribution in [0.2, 0.25) is 0 Å². The van der Waals surface area contributed by atoms with E-state index < -0.39 is 0 Å². The van der Waals surface area contributed by atoms with Gasteiger partial charge in [0, 0.05) is 19.6 Å². The van der Waals surface area contributed by atoms with Crippen molar-refractivity contribution in [3.8, 4) is 5.75 Å². The van der Waals surface area contributed by atoms with E-state index in [0.29, 0.717) is 12.3 Å². The van der Waals surface area contributed by atoms with Crippen LogP contribution in [0, 0.1) is 0 Å². The van der Waals surface area contributed by atoms with Crippen molar-refractivity contribution in [3.63, 3.8) is 0 Å². The Kier molecular flexibility index (Phi) is 4.55. The van der Waals surface area contributed by atoms with Crippen molar-refractivity contribution in [3.05, 3.63) is 65.2 Å². The molecule has 0 amide bonds. The minimum Gasteiger partial charge on any atom is -0.508 e. The molecule has 3 nitrogen and oxygen atoms in total. The number of nitrogens with two attached hydrogens (primary N) is 1. The Balaban J connectivity index is 1.96. The molecule has 3 N–H and O–H groups in total. The van der Waals surface area contributed by atoms with E-state index >= 15 is 0 Å². The van der Waals surface area contributed by atoms with Crippen molar-refractivity contribution in [2.45, 2.75) is 19.6 Å². The molecule has 2 rings (SSSR count). The number of rotatable bonds is 5. The van der Waals surface area contributed by atoms with E-state index in [-0.39, 0.29) is 0 Å². The van der Waals surface area contributed by atoms with E-state index in [0.717, 1.165) is 18.7 Å². The fraction of sp³-hybridized carbons (Fsp3) is 0.250. The summed E-state index contributed by atoms with van der Waals surface area (Å²) in [6, 6.07) is 15.7. The van der Waals surface area contributed by atoms with Crippen LogP contribution in [0.15, 0.2) is 48.5 Å². The molecule has 3 heteroatoms. The monoisotopic (exact) mass is 256 g/mol. The van der Waals surface area contributed by atoms with E-state index in [2.05, 4.69) is 24.1 Å². The summed E-state index contributed by atoms with van der Waals surface area (Å²) in [5, 5.41) is 9.26. The third-order valence-electron chi connectivity index (χ3n) is 3.07. The van der Waals surface area contributed by atoms with Crippen LogP contribution in [0.25, 0.3) is 0 Å². The first-order valence-corrected chi connectivity index (χ1v) is 6.41. The summed E-state index contributed by atoms with van der Waals surface area (Å²) in [5.74, 6) is 0.307. The molecule has 0 fully saturated rings. The molecule has 0 saturated heterocycles. The van der Waals surface area contributed by atoms with Crippen molar-refractivity contribution in [2.24, 2.45) is 5.73 Å². The van der Waals surface area contributed by atoms with Gasteiger partial charge in [-0.3, -0.25) is 4.90 Å². The Morgan fingerprint density at radius 2 is 1.58 bits per heavy atom. The summed E-state index contributed by atoms with van der Waals surface area (Å²) >= 11 is 0. The van der Waals surface area contributed by atoms with Gasteiger partial charge in [0.05, 0.1) is 0 Å². The normalized spacial score (nSPS) is 10.9. The lowest BCUT2D eigenvalue weighted by Gasteiger charge is -2.17. The van der Waals surface area contributed by atoms with E-state index in [4.69, 9.17) is 5.73 Å². The van der Waals surface area contributed by atoms with E-state index in [1.165, 1.54) is 11.1 Å².